The molecule has 2 rings (SSSR count). The van der Waals surface area contributed by atoms with Crippen molar-refractivity contribution in [3.63, 3.8) is 0 Å². The number of hydrogen-bond donors (Lipinski definition) is 2. The highest BCUT2D eigenvalue weighted by atomic mass is 16.4. The van der Waals surface area contributed by atoms with Gasteiger partial charge in [0, 0.05) is 11.4 Å². The molecule has 0 fully saturated rings. The smallest absolute Gasteiger partial charge is 0.335 e. The third kappa shape index (κ3) is 3.15. The fourth-order valence-corrected chi connectivity index (χ4v) is 2.04. The molecule has 104 valence electrons. The lowest BCUT2D eigenvalue weighted by molar-refractivity contribution is 0.0696. The predicted octanol–water partition coefficient (Wildman–Crippen LogP) is 3.65. The summed E-state index contributed by atoms with van der Waals surface area (Å²) in [6.07, 6.45) is 1.60. The van der Waals surface area contributed by atoms with E-state index in [0.717, 1.165) is 17.8 Å². The number of carbonyl (C=O) groups is 1. The zero-order valence-corrected chi connectivity index (χ0v) is 11.7. The summed E-state index contributed by atoms with van der Waals surface area (Å²) in [5.41, 5.74) is 3.16. The monoisotopic (exact) mass is 270 g/mol. The van der Waals surface area contributed by atoms with Crippen molar-refractivity contribution in [2.24, 2.45) is 0 Å². The molecule has 4 nitrogen and oxygen atoms in total. The second kappa shape index (κ2) is 6.19. The first kappa shape index (κ1) is 14.1. The van der Waals surface area contributed by atoms with E-state index in [4.69, 9.17) is 5.11 Å². The van der Waals surface area contributed by atoms with Crippen molar-refractivity contribution < 1.29 is 9.90 Å². The number of hydrogen-bond acceptors (Lipinski definition) is 3. The van der Waals surface area contributed by atoms with Crippen LogP contribution in [0.3, 0.4) is 0 Å². The molecule has 0 bridgehead atoms. The summed E-state index contributed by atoms with van der Waals surface area (Å²) in [6.45, 7) is 4.04. The molecule has 20 heavy (non-hydrogen) atoms. The second-order valence-electron chi connectivity index (χ2n) is 4.53. The van der Waals surface area contributed by atoms with Gasteiger partial charge in [-0.3, -0.25) is 0 Å². The quantitative estimate of drug-likeness (QED) is 0.870. The number of nitrogens with zero attached hydrogens (tertiary/aromatic N) is 1. The molecule has 0 aliphatic rings. The number of carboxylic acid groups (broad SMARTS) is 1. The number of aromatic nitrogens is 1. The normalized spacial score (nSPS) is 10.3. The SMILES string of the molecule is CCc1cc(C(=O)O)cc(Nc2ccccc2CC)n1. The topological polar surface area (TPSA) is 62.2 Å². The lowest BCUT2D eigenvalue weighted by Crippen LogP contribution is -2.04. The Balaban J connectivity index is 2.37. The van der Waals surface area contributed by atoms with Crippen LogP contribution in [0.25, 0.3) is 0 Å². The van der Waals surface area contributed by atoms with Crippen LogP contribution in [0.1, 0.15) is 35.5 Å². The first-order chi connectivity index (χ1) is 9.63. The highest BCUT2D eigenvalue weighted by molar-refractivity contribution is 5.88. The van der Waals surface area contributed by atoms with Gasteiger partial charge in [0.1, 0.15) is 5.82 Å². The number of aryl methyl sites for hydroxylation is 2. The molecular formula is C16H18N2O2. The minimum atomic E-state index is -0.936. The van der Waals surface area contributed by atoms with Gasteiger partial charge in [0.25, 0.3) is 0 Å². The van der Waals surface area contributed by atoms with E-state index in [1.54, 1.807) is 12.1 Å². The number of carboxylic acids is 1. The molecule has 0 radical (unpaired) electrons. The first-order valence-electron chi connectivity index (χ1n) is 6.73. The maximum atomic E-state index is 11.1. The Morgan fingerprint density at radius 2 is 1.95 bits per heavy atom. The van der Waals surface area contributed by atoms with Crippen LogP contribution in [0, 0.1) is 0 Å². The fraction of sp³-hybridized carbons (Fsp3) is 0.250. The van der Waals surface area contributed by atoms with E-state index >= 15 is 0 Å². The molecule has 2 aromatic rings. The number of nitrogens with one attached hydrogen (secondary N) is 1. The molecule has 0 aliphatic heterocycles. The third-order valence-corrected chi connectivity index (χ3v) is 3.15. The molecule has 0 aliphatic carbocycles. The van der Waals surface area contributed by atoms with Crippen molar-refractivity contribution in [3.05, 3.63) is 53.2 Å². The van der Waals surface area contributed by atoms with Crippen LogP contribution in [0.15, 0.2) is 36.4 Å². The Morgan fingerprint density at radius 1 is 1.20 bits per heavy atom. The van der Waals surface area contributed by atoms with Crippen molar-refractivity contribution in [2.45, 2.75) is 26.7 Å². The van der Waals surface area contributed by atoms with Gasteiger partial charge in [0.05, 0.1) is 5.56 Å². The van der Waals surface area contributed by atoms with Gasteiger partial charge in [-0.25, -0.2) is 9.78 Å². The van der Waals surface area contributed by atoms with Crippen molar-refractivity contribution in [1.29, 1.82) is 0 Å². The number of pyridine rings is 1. The highest BCUT2D eigenvalue weighted by Gasteiger charge is 2.09. The number of rotatable bonds is 5. The summed E-state index contributed by atoms with van der Waals surface area (Å²) in [5, 5.41) is 12.4. The Bertz CT molecular complexity index is 624. The Morgan fingerprint density at radius 3 is 2.60 bits per heavy atom. The maximum Gasteiger partial charge on any atom is 0.335 e. The first-order valence-corrected chi connectivity index (χ1v) is 6.73. The zero-order chi connectivity index (χ0) is 14.5. The second-order valence-corrected chi connectivity index (χ2v) is 4.53. The average Bonchev–Trinajstić information content (AvgIpc) is 2.47. The van der Waals surface area contributed by atoms with Gasteiger partial charge in [-0.1, -0.05) is 32.0 Å². The number of anilines is 2. The van der Waals surface area contributed by atoms with Gasteiger partial charge in [0.2, 0.25) is 0 Å². The molecule has 1 aromatic heterocycles. The van der Waals surface area contributed by atoms with E-state index in [0.29, 0.717) is 12.2 Å². The number of benzene rings is 1. The van der Waals surface area contributed by atoms with Crippen LogP contribution in [0.2, 0.25) is 0 Å². The van der Waals surface area contributed by atoms with E-state index in [9.17, 15) is 4.79 Å². The molecule has 4 heteroatoms. The average molecular weight is 270 g/mol. The molecule has 0 saturated carbocycles. The minimum absolute atomic E-state index is 0.258. The van der Waals surface area contributed by atoms with Gasteiger partial charge < -0.3 is 10.4 Å². The van der Waals surface area contributed by atoms with Crippen LogP contribution in [0.5, 0.6) is 0 Å². The Labute approximate surface area is 118 Å². The highest BCUT2D eigenvalue weighted by Crippen LogP contribution is 2.21. The lowest BCUT2D eigenvalue weighted by atomic mass is 10.1. The molecule has 0 spiro atoms. The Kier molecular flexibility index (Phi) is 4.35. The number of aromatic carboxylic acids is 1. The molecule has 0 amide bonds. The molecule has 0 unspecified atom stereocenters. The summed E-state index contributed by atoms with van der Waals surface area (Å²) in [7, 11) is 0. The van der Waals surface area contributed by atoms with E-state index in [1.165, 1.54) is 5.56 Å². The van der Waals surface area contributed by atoms with E-state index in [-0.39, 0.29) is 5.56 Å². The van der Waals surface area contributed by atoms with E-state index < -0.39 is 5.97 Å². The fourth-order valence-electron chi connectivity index (χ4n) is 2.04. The summed E-state index contributed by atoms with van der Waals surface area (Å²) in [4.78, 5) is 15.6. The molecular weight excluding hydrogens is 252 g/mol. The van der Waals surface area contributed by atoms with Gasteiger partial charge in [0.15, 0.2) is 0 Å². The summed E-state index contributed by atoms with van der Waals surface area (Å²) in [6, 6.07) is 11.1. The van der Waals surface area contributed by atoms with Gasteiger partial charge in [-0.05, 0) is 36.6 Å². The minimum Gasteiger partial charge on any atom is -0.478 e. The maximum absolute atomic E-state index is 11.1. The summed E-state index contributed by atoms with van der Waals surface area (Å²) < 4.78 is 0. The Hall–Kier alpha value is -2.36. The van der Waals surface area contributed by atoms with Gasteiger partial charge in [-0.15, -0.1) is 0 Å². The molecule has 0 atom stereocenters. The van der Waals surface area contributed by atoms with Gasteiger partial charge >= 0.3 is 5.97 Å². The van der Waals surface area contributed by atoms with Crippen LogP contribution in [0.4, 0.5) is 11.5 Å². The third-order valence-electron chi connectivity index (χ3n) is 3.15. The van der Waals surface area contributed by atoms with Crippen LogP contribution in [-0.4, -0.2) is 16.1 Å². The standard InChI is InChI=1S/C16H18N2O2/c1-3-11-7-5-6-8-14(11)18-15-10-12(16(19)20)9-13(4-2)17-15/h5-10H,3-4H2,1-2H3,(H,17,18)(H,19,20). The number of para-hydroxylation sites is 1. The van der Waals surface area contributed by atoms with Crippen molar-refractivity contribution >= 4 is 17.5 Å². The zero-order valence-electron chi connectivity index (χ0n) is 11.7. The summed E-state index contributed by atoms with van der Waals surface area (Å²) >= 11 is 0. The van der Waals surface area contributed by atoms with Crippen LogP contribution >= 0.6 is 0 Å². The lowest BCUT2D eigenvalue weighted by Gasteiger charge is -2.11. The largest absolute Gasteiger partial charge is 0.478 e. The predicted molar refractivity (Wildman–Crippen MR) is 79.7 cm³/mol. The molecule has 1 aromatic carbocycles. The summed E-state index contributed by atoms with van der Waals surface area (Å²) in [5.74, 6) is -0.364. The van der Waals surface area contributed by atoms with E-state index in [2.05, 4.69) is 17.2 Å². The van der Waals surface area contributed by atoms with Crippen molar-refractivity contribution in [1.82, 2.24) is 4.98 Å². The molecule has 1 heterocycles. The van der Waals surface area contributed by atoms with Crippen molar-refractivity contribution in [2.75, 3.05) is 5.32 Å². The van der Waals surface area contributed by atoms with Crippen LogP contribution in [-0.2, 0) is 12.8 Å². The van der Waals surface area contributed by atoms with E-state index in [1.807, 2.05) is 31.2 Å². The van der Waals surface area contributed by atoms with Gasteiger partial charge in [-0.2, -0.15) is 0 Å². The molecule has 2 N–H and O–H groups in total. The molecule has 0 saturated heterocycles. The van der Waals surface area contributed by atoms with Crippen molar-refractivity contribution in [3.8, 4) is 0 Å². The van der Waals surface area contributed by atoms with Crippen LogP contribution < -0.4 is 5.32 Å².